The van der Waals surface area contributed by atoms with Crippen LogP contribution in [0.25, 0.3) is 0 Å². The fourth-order valence-electron chi connectivity index (χ4n) is 1.55. The lowest BCUT2D eigenvalue weighted by molar-refractivity contribution is -0.136. The molecule has 1 aromatic carbocycles. The van der Waals surface area contributed by atoms with Gasteiger partial charge in [-0.25, -0.2) is 0 Å². The highest BCUT2D eigenvalue weighted by molar-refractivity contribution is 5.52. The van der Waals surface area contributed by atoms with Crippen LogP contribution in [0.15, 0.2) is 30.5 Å². The molecule has 1 aromatic heterocycles. The molecule has 0 spiro atoms. The van der Waals surface area contributed by atoms with Gasteiger partial charge in [-0.05, 0) is 12.1 Å². The van der Waals surface area contributed by atoms with Crippen LogP contribution in [0.2, 0.25) is 0 Å². The van der Waals surface area contributed by atoms with Crippen molar-refractivity contribution in [2.24, 2.45) is 7.05 Å². The predicted octanol–water partition coefficient (Wildman–Crippen LogP) is 2.45. The van der Waals surface area contributed by atoms with E-state index in [4.69, 9.17) is 0 Å². The first kappa shape index (κ1) is 12.4. The Hall–Kier alpha value is -2.05. The molecule has 7 heteroatoms. The molecule has 4 nitrogen and oxygen atoms in total. The van der Waals surface area contributed by atoms with E-state index < -0.39 is 11.7 Å². The molecule has 0 fully saturated rings. The van der Waals surface area contributed by atoms with Crippen molar-refractivity contribution in [3.8, 4) is 0 Å². The van der Waals surface area contributed by atoms with E-state index >= 15 is 0 Å². The van der Waals surface area contributed by atoms with E-state index in [9.17, 15) is 13.2 Å². The summed E-state index contributed by atoms with van der Waals surface area (Å²) in [5, 5.41) is 10.2. The molecule has 0 radical (unpaired) electrons. The van der Waals surface area contributed by atoms with E-state index in [-0.39, 0.29) is 12.2 Å². The van der Waals surface area contributed by atoms with Crippen molar-refractivity contribution < 1.29 is 13.2 Å². The second kappa shape index (κ2) is 4.67. The first-order valence-electron chi connectivity index (χ1n) is 5.22. The SMILES string of the molecule is Cn1cc(CNc2ccccc2C(F)(F)F)nn1. The van der Waals surface area contributed by atoms with Crippen molar-refractivity contribution in [2.75, 3.05) is 5.32 Å². The third-order valence-electron chi connectivity index (χ3n) is 2.34. The summed E-state index contributed by atoms with van der Waals surface area (Å²) in [5.74, 6) is 0. The van der Waals surface area contributed by atoms with Crippen molar-refractivity contribution in [2.45, 2.75) is 12.7 Å². The molecule has 0 aliphatic heterocycles. The van der Waals surface area contributed by atoms with Crippen LogP contribution in [0.4, 0.5) is 18.9 Å². The minimum Gasteiger partial charge on any atom is -0.379 e. The molecule has 0 amide bonds. The molecule has 0 unspecified atom stereocenters. The van der Waals surface area contributed by atoms with Crippen LogP contribution in [0.1, 0.15) is 11.3 Å². The molecule has 2 rings (SSSR count). The van der Waals surface area contributed by atoms with E-state index in [0.717, 1.165) is 6.07 Å². The number of aromatic nitrogens is 3. The number of nitrogens with one attached hydrogen (secondary N) is 1. The van der Waals surface area contributed by atoms with Gasteiger partial charge >= 0.3 is 6.18 Å². The number of benzene rings is 1. The van der Waals surface area contributed by atoms with Gasteiger partial charge in [-0.2, -0.15) is 13.2 Å². The standard InChI is InChI=1S/C11H11F3N4/c1-18-7-8(16-17-18)6-15-10-5-3-2-4-9(10)11(12,13)14/h2-5,7,15H,6H2,1H3. The molecule has 0 aliphatic rings. The number of halogens is 3. The van der Waals surface area contributed by atoms with Gasteiger partial charge in [0.25, 0.3) is 0 Å². The molecule has 1 N–H and O–H groups in total. The van der Waals surface area contributed by atoms with Gasteiger partial charge in [0.2, 0.25) is 0 Å². The summed E-state index contributed by atoms with van der Waals surface area (Å²) in [6.07, 6.45) is -2.73. The highest BCUT2D eigenvalue weighted by Crippen LogP contribution is 2.34. The van der Waals surface area contributed by atoms with Gasteiger partial charge in [0, 0.05) is 18.9 Å². The van der Waals surface area contributed by atoms with Crippen molar-refractivity contribution >= 4 is 5.69 Å². The number of para-hydroxylation sites is 1. The number of nitrogens with zero attached hydrogens (tertiary/aromatic N) is 3. The third kappa shape index (κ3) is 2.79. The van der Waals surface area contributed by atoms with Crippen LogP contribution in [0, 0.1) is 0 Å². The molecule has 1 heterocycles. The van der Waals surface area contributed by atoms with Crippen LogP contribution < -0.4 is 5.32 Å². The summed E-state index contributed by atoms with van der Waals surface area (Å²) in [6, 6.07) is 5.34. The Balaban J connectivity index is 2.14. The molecule has 96 valence electrons. The average Bonchev–Trinajstić information content (AvgIpc) is 2.72. The number of rotatable bonds is 3. The van der Waals surface area contributed by atoms with Crippen LogP contribution in [-0.4, -0.2) is 15.0 Å². The highest BCUT2D eigenvalue weighted by atomic mass is 19.4. The maximum absolute atomic E-state index is 12.7. The lowest BCUT2D eigenvalue weighted by Gasteiger charge is -2.13. The molecule has 0 atom stereocenters. The fraction of sp³-hybridized carbons (Fsp3) is 0.273. The van der Waals surface area contributed by atoms with E-state index in [0.29, 0.717) is 5.69 Å². The van der Waals surface area contributed by atoms with Gasteiger partial charge in [0.15, 0.2) is 0 Å². The van der Waals surface area contributed by atoms with Crippen molar-refractivity contribution in [1.82, 2.24) is 15.0 Å². The second-order valence-corrected chi connectivity index (χ2v) is 3.78. The van der Waals surface area contributed by atoms with Crippen molar-refractivity contribution in [3.63, 3.8) is 0 Å². The molecule has 0 saturated heterocycles. The number of hydrogen-bond donors (Lipinski definition) is 1. The van der Waals surface area contributed by atoms with E-state index in [1.54, 1.807) is 19.3 Å². The number of anilines is 1. The van der Waals surface area contributed by atoms with Crippen LogP contribution in [0.5, 0.6) is 0 Å². The number of aryl methyl sites for hydroxylation is 1. The monoisotopic (exact) mass is 256 g/mol. The minimum absolute atomic E-state index is 0.0376. The predicted molar refractivity (Wildman–Crippen MR) is 59.8 cm³/mol. The van der Waals surface area contributed by atoms with Crippen molar-refractivity contribution in [1.29, 1.82) is 0 Å². The Bertz CT molecular complexity index is 533. The first-order valence-corrected chi connectivity index (χ1v) is 5.22. The van der Waals surface area contributed by atoms with Gasteiger partial charge in [0.1, 0.15) is 5.69 Å². The zero-order valence-electron chi connectivity index (χ0n) is 9.57. The second-order valence-electron chi connectivity index (χ2n) is 3.78. The largest absolute Gasteiger partial charge is 0.418 e. The Labute approximate surface area is 101 Å². The minimum atomic E-state index is -4.37. The van der Waals surface area contributed by atoms with E-state index in [1.165, 1.54) is 16.8 Å². The van der Waals surface area contributed by atoms with Crippen molar-refractivity contribution in [3.05, 3.63) is 41.7 Å². The summed E-state index contributed by atoms with van der Waals surface area (Å²) >= 11 is 0. The number of alkyl halides is 3. The average molecular weight is 256 g/mol. The summed E-state index contributed by atoms with van der Waals surface area (Å²) in [7, 11) is 1.69. The lowest BCUT2D eigenvalue weighted by Crippen LogP contribution is -2.10. The maximum Gasteiger partial charge on any atom is 0.418 e. The summed E-state index contributed by atoms with van der Waals surface area (Å²) in [5.41, 5.74) is -0.0704. The smallest absolute Gasteiger partial charge is 0.379 e. The van der Waals surface area contributed by atoms with Crippen LogP contribution >= 0.6 is 0 Å². The van der Waals surface area contributed by atoms with E-state index in [2.05, 4.69) is 15.6 Å². The Morgan fingerprint density at radius 3 is 2.61 bits per heavy atom. The quantitative estimate of drug-likeness (QED) is 0.917. The van der Waals surface area contributed by atoms with Crippen LogP contribution in [-0.2, 0) is 19.8 Å². The van der Waals surface area contributed by atoms with E-state index in [1.807, 2.05) is 0 Å². The highest BCUT2D eigenvalue weighted by Gasteiger charge is 2.33. The first-order chi connectivity index (χ1) is 8.47. The number of hydrogen-bond acceptors (Lipinski definition) is 3. The normalized spacial score (nSPS) is 11.6. The molecular formula is C11H11F3N4. The molecule has 0 aliphatic carbocycles. The van der Waals surface area contributed by atoms with Gasteiger partial charge < -0.3 is 5.32 Å². The molecule has 0 saturated carbocycles. The molecule has 2 aromatic rings. The Morgan fingerprint density at radius 1 is 1.28 bits per heavy atom. The maximum atomic E-state index is 12.7. The fourth-order valence-corrected chi connectivity index (χ4v) is 1.55. The van der Waals surface area contributed by atoms with Gasteiger partial charge in [-0.3, -0.25) is 4.68 Å². The Morgan fingerprint density at radius 2 is 2.00 bits per heavy atom. The molecule has 18 heavy (non-hydrogen) atoms. The van der Waals surface area contributed by atoms with Gasteiger partial charge in [0.05, 0.1) is 12.1 Å². The van der Waals surface area contributed by atoms with Gasteiger partial charge in [-0.15, -0.1) is 5.10 Å². The molecular weight excluding hydrogens is 245 g/mol. The van der Waals surface area contributed by atoms with Crippen LogP contribution in [0.3, 0.4) is 0 Å². The molecule has 0 bridgehead atoms. The topological polar surface area (TPSA) is 42.7 Å². The summed E-state index contributed by atoms with van der Waals surface area (Å²) in [4.78, 5) is 0. The third-order valence-corrected chi connectivity index (χ3v) is 2.34. The Kier molecular flexibility index (Phi) is 3.22. The zero-order chi connectivity index (χ0) is 13.2. The van der Waals surface area contributed by atoms with Gasteiger partial charge in [-0.1, -0.05) is 17.3 Å². The lowest BCUT2D eigenvalue weighted by atomic mass is 10.1. The summed E-state index contributed by atoms with van der Waals surface area (Å²) < 4.78 is 39.6. The zero-order valence-corrected chi connectivity index (χ0v) is 9.57. The summed E-state index contributed by atoms with van der Waals surface area (Å²) in [6.45, 7) is 0.195.